The monoisotopic (exact) mass is 256 g/mol. The first-order valence-electron chi connectivity index (χ1n) is 6.15. The van der Waals surface area contributed by atoms with Crippen LogP contribution in [0.25, 0.3) is 0 Å². The Morgan fingerprint density at radius 1 is 1.33 bits per heavy atom. The van der Waals surface area contributed by atoms with E-state index in [-0.39, 0.29) is 24.1 Å². The molecular weight excluding hydrogens is 236 g/mol. The third kappa shape index (κ3) is 2.43. The molecule has 2 aliphatic rings. The summed E-state index contributed by atoms with van der Waals surface area (Å²) in [6.07, 6.45) is 0.421. The van der Waals surface area contributed by atoms with E-state index in [4.69, 9.17) is 9.47 Å². The fourth-order valence-electron chi connectivity index (χ4n) is 2.55. The molecule has 0 saturated carbocycles. The number of nitrogens with one attached hydrogen (secondary N) is 1. The highest BCUT2D eigenvalue weighted by molar-refractivity contribution is 5.79. The molecule has 2 heterocycles. The number of esters is 1. The summed E-state index contributed by atoms with van der Waals surface area (Å²) in [5, 5.41) is 3.16. The molecule has 2 saturated heterocycles. The van der Waals surface area contributed by atoms with Crippen LogP contribution in [0.3, 0.4) is 0 Å². The van der Waals surface area contributed by atoms with Gasteiger partial charge in [-0.05, 0) is 27.2 Å². The first-order chi connectivity index (χ1) is 8.31. The van der Waals surface area contributed by atoms with Crippen LogP contribution in [0, 0.1) is 0 Å². The van der Waals surface area contributed by atoms with Crippen molar-refractivity contribution >= 4 is 12.1 Å². The molecule has 0 aromatic rings. The van der Waals surface area contributed by atoms with Crippen LogP contribution in [0.4, 0.5) is 4.79 Å². The van der Waals surface area contributed by atoms with Crippen LogP contribution in [0.1, 0.15) is 27.2 Å². The molecule has 0 aromatic carbocycles. The van der Waals surface area contributed by atoms with Gasteiger partial charge in [-0.15, -0.1) is 0 Å². The van der Waals surface area contributed by atoms with E-state index in [1.54, 1.807) is 4.90 Å². The minimum absolute atomic E-state index is 0.155. The topological polar surface area (TPSA) is 67.9 Å². The molecule has 6 heteroatoms. The van der Waals surface area contributed by atoms with Crippen LogP contribution < -0.4 is 5.32 Å². The van der Waals surface area contributed by atoms with Crippen molar-refractivity contribution in [2.24, 2.45) is 0 Å². The highest BCUT2D eigenvalue weighted by Crippen LogP contribution is 2.30. The van der Waals surface area contributed by atoms with Gasteiger partial charge in [0.2, 0.25) is 0 Å². The number of amides is 1. The van der Waals surface area contributed by atoms with Crippen LogP contribution in [-0.4, -0.2) is 54.3 Å². The van der Waals surface area contributed by atoms with Crippen LogP contribution >= 0.6 is 0 Å². The molecule has 1 N–H and O–H groups in total. The van der Waals surface area contributed by atoms with Gasteiger partial charge in [-0.2, -0.15) is 0 Å². The quantitative estimate of drug-likeness (QED) is 0.692. The van der Waals surface area contributed by atoms with Crippen LogP contribution in [0.5, 0.6) is 0 Å². The summed E-state index contributed by atoms with van der Waals surface area (Å²) in [6, 6.07) is -0.426. The molecule has 1 amide bonds. The summed E-state index contributed by atoms with van der Waals surface area (Å²) in [4.78, 5) is 25.3. The Hall–Kier alpha value is -1.30. The third-order valence-electron chi connectivity index (χ3n) is 3.23. The van der Waals surface area contributed by atoms with E-state index in [2.05, 4.69) is 5.32 Å². The van der Waals surface area contributed by atoms with E-state index in [1.807, 2.05) is 20.8 Å². The molecule has 18 heavy (non-hydrogen) atoms. The molecule has 2 unspecified atom stereocenters. The number of piperazine rings is 1. The third-order valence-corrected chi connectivity index (χ3v) is 3.23. The maximum absolute atomic E-state index is 12.0. The molecule has 102 valence electrons. The van der Waals surface area contributed by atoms with Crippen molar-refractivity contribution in [3.63, 3.8) is 0 Å². The van der Waals surface area contributed by atoms with Crippen molar-refractivity contribution in [3.8, 4) is 0 Å². The average molecular weight is 256 g/mol. The number of ether oxygens (including phenoxy) is 2. The molecule has 0 aliphatic carbocycles. The predicted molar refractivity (Wildman–Crippen MR) is 64.1 cm³/mol. The number of hydrogen-bond acceptors (Lipinski definition) is 5. The molecule has 0 radical (unpaired) electrons. The number of carbonyl (C=O) groups excluding carboxylic acids is 2. The summed E-state index contributed by atoms with van der Waals surface area (Å²) in [6.45, 7) is 6.08. The summed E-state index contributed by atoms with van der Waals surface area (Å²) in [5.41, 5.74) is -0.521. The fraction of sp³-hybridized carbons (Fsp3) is 0.833. The number of rotatable bonds is 1. The van der Waals surface area contributed by atoms with Gasteiger partial charge in [-0.3, -0.25) is 10.1 Å². The van der Waals surface area contributed by atoms with Gasteiger partial charge in [0, 0.05) is 12.6 Å². The molecule has 3 atom stereocenters. The first-order valence-corrected chi connectivity index (χ1v) is 6.15. The van der Waals surface area contributed by atoms with Crippen molar-refractivity contribution in [1.82, 2.24) is 10.2 Å². The van der Waals surface area contributed by atoms with Crippen LogP contribution in [0.15, 0.2) is 0 Å². The summed E-state index contributed by atoms with van der Waals surface area (Å²) < 4.78 is 10.1. The van der Waals surface area contributed by atoms with Crippen LogP contribution in [-0.2, 0) is 14.3 Å². The minimum Gasteiger partial charge on any atom is -0.468 e. The van der Waals surface area contributed by atoms with Gasteiger partial charge in [-0.25, -0.2) is 4.79 Å². The Bertz CT molecular complexity index is 364. The molecule has 2 rings (SSSR count). The SMILES string of the molecule is COC(=O)[C@H]1NC2CC1N(C(=O)OC(C)(C)C)C2. The lowest BCUT2D eigenvalue weighted by molar-refractivity contribution is -0.144. The Kier molecular flexibility index (Phi) is 3.23. The predicted octanol–water partition coefficient (Wildman–Crippen LogP) is 0.509. The smallest absolute Gasteiger partial charge is 0.410 e. The molecule has 2 bridgehead atoms. The lowest BCUT2D eigenvalue weighted by Crippen LogP contribution is -2.57. The number of methoxy groups -OCH3 is 1. The highest BCUT2D eigenvalue weighted by atomic mass is 16.6. The van der Waals surface area contributed by atoms with Gasteiger partial charge in [-0.1, -0.05) is 0 Å². The molecular formula is C12H20N2O4. The lowest BCUT2D eigenvalue weighted by atomic mass is 10.1. The average Bonchev–Trinajstić information content (AvgIpc) is 2.84. The van der Waals surface area contributed by atoms with Crippen molar-refractivity contribution in [1.29, 1.82) is 0 Å². The van der Waals surface area contributed by atoms with E-state index < -0.39 is 11.6 Å². The van der Waals surface area contributed by atoms with Gasteiger partial charge >= 0.3 is 12.1 Å². The van der Waals surface area contributed by atoms with Gasteiger partial charge in [0.1, 0.15) is 11.6 Å². The Balaban J connectivity index is 2.04. The largest absolute Gasteiger partial charge is 0.468 e. The molecule has 2 fully saturated rings. The zero-order chi connectivity index (χ0) is 13.5. The van der Waals surface area contributed by atoms with Gasteiger partial charge < -0.3 is 14.4 Å². The van der Waals surface area contributed by atoms with E-state index in [1.165, 1.54) is 7.11 Å². The molecule has 6 nitrogen and oxygen atoms in total. The van der Waals surface area contributed by atoms with Crippen molar-refractivity contribution < 1.29 is 19.1 Å². The molecule has 0 spiro atoms. The summed E-state index contributed by atoms with van der Waals surface area (Å²) in [7, 11) is 1.35. The lowest BCUT2D eigenvalue weighted by Gasteiger charge is -2.33. The zero-order valence-electron chi connectivity index (χ0n) is 11.2. The second kappa shape index (κ2) is 4.42. The summed E-state index contributed by atoms with van der Waals surface area (Å²) >= 11 is 0. The maximum Gasteiger partial charge on any atom is 0.410 e. The zero-order valence-corrected chi connectivity index (χ0v) is 11.2. The maximum atomic E-state index is 12.0. The number of carbonyl (C=O) groups is 2. The van der Waals surface area contributed by atoms with E-state index in [9.17, 15) is 9.59 Å². The van der Waals surface area contributed by atoms with Crippen molar-refractivity contribution in [2.75, 3.05) is 13.7 Å². The second-order valence-electron chi connectivity index (χ2n) is 5.80. The van der Waals surface area contributed by atoms with E-state index in [0.29, 0.717) is 6.54 Å². The van der Waals surface area contributed by atoms with Crippen LogP contribution in [0.2, 0.25) is 0 Å². The standard InChI is InChI=1S/C12H20N2O4/c1-12(2,3)18-11(16)14-6-7-5-8(14)9(13-7)10(15)17-4/h7-9,13H,5-6H2,1-4H3/t7?,8?,9-/m0/s1. The highest BCUT2D eigenvalue weighted by Gasteiger charge is 2.51. The van der Waals surface area contributed by atoms with E-state index in [0.717, 1.165) is 6.42 Å². The Labute approximate surface area is 107 Å². The number of fused-ring (bicyclic) bond motifs is 2. The van der Waals surface area contributed by atoms with Gasteiger partial charge in [0.25, 0.3) is 0 Å². The van der Waals surface area contributed by atoms with Gasteiger partial charge in [0.15, 0.2) is 0 Å². The number of likely N-dealkylation sites (tertiary alicyclic amines) is 1. The normalized spacial score (nSPS) is 30.4. The Morgan fingerprint density at radius 3 is 2.50 bits per heavy atom. The van der Waals surface area contributed by atoms with Crippen molar-refractivity contribution in [3.05, 3.63) is 0 Å². The number of nitrogens with zero attached hydrogens (tertiary/aromatic N) is 1. The van der Waals surface area contributed by atoms with E-state index >= 15 is 0 Å². The summed E-state index contributed by atoms with van der Waals surface area (Å²) in [5.74, 6) is -0.323. The molecule has 2 aliphatic heterocycles. The van der Waals surface area contributed by atoms with Gasteiger partial charge in [0.05, 0.1) is 13.2 Å². The second-order valence-corrected chi connectivity index (χ2v) is 5.80. The number of hydrogen-bond donors (Lipinski definition) is 1. The minimum atomic E-state index is -0.521. The first kappa shape index (κ1) is 13.1. The fourth-order valence-corrected chi connectivity index (χ4v) is 2.55. The molecule has 0 aromatic heterocycles. The Morgan fingerprint density at radius 2 is 2.00 bits per heavy atom. The van der Waals surface area contributed by atoms with Crippen molar-refractivity contribution in [2.45, 2.75) is 50.9 Å².